The van der Waals surface area contributed by atoms with Gasteiger partial charge in [0.2, 0.25) is 0 Å². The van der Waals surface area contributed by atoms with Crippen molar-refractivity contribution in [2.24, 2.45) is 0 Å². The Bertz CT molecular complexity index is 433. The number of unbranched alkanes of at least 4 members (excludes halogenated alkanes) is 1. The summed E-state index contributed by atoms with van der Waals surface area (Å²) in [6.07, 6.45) is 11.2. The van der Waals surface area contributed by atoms with E-state index in [0.29, 0.717) is 0 Å². The first-order chi connectivity index (χ1) is 10.3. The van der Waals surface area contributed by atoms with E-state index in [2.05, 4.69) is 13.0 Å². The van der Waals surface area contributed by atoms with Crippen LogP contribution in [0.4, 0.5) is 0 Å². The van der Waals surface area contributed by atoms with Crippen molar-refractivity contribution < 1.29 is 9.84 Å². The number of aliphatic hydroxyl groups is 1. The van der Waals surface area contributed by atoms with Crippen molar-refractivity contribution in [1.82, 2.24) is 0 Å². The molecule has 2 heteroatoms. The maximum atomic E-state index is 10.6. The Balaban J connectivity index is 1.96. The molecular weight excluding hydrogens is 260 g/mol. The summed E-state index contributed by atoms with van der Waals surface area (Å²) in [5.41, 5.74) is 2.17. The molecule has 0 bridgehead atoms. The van der Waals surface area contributed by atoms with Crippen molar-refractivity contribution in [2.45, 2.75) is 64.4 Å². The van der Waals surface area contributed by atoms with Gasteiger partial charge in [-0.15, -0.1) is 0 Å². The van der Waals surface area contributed by atoms with E-state index in [-0.39, 0.29) is 0 Å². The minimum absolute atomic E-state index is 0.451. The molecule has 1 aliphatic rings. The van der Waals surface area contributed by atoms with Gasteiger partial charge >= 0.3 is 0 Å². The fourth-order valence-electron chi connectivity index (χ4n) is 2.76. The molecule has 1 atom stereocenters. The van der Waals surface area contributed by atoms with Crippen LogP contribution in [-0.2, 0) is 0 Å². The zero-order chi connectivity index (χ0) is 14.9. The molecule has 21 heavy (non-hydrogen) atoms. The van der Waals surface area contributed by atoms with E-state index in [4.69, 9.17) is 4.74 Å². The third-order valence-electron chi connectivity index (χ3n) is 4.14. The van der Waals surface area contributed by atoms with Crippen LogP contribution in [0.15, 0.2) is 35.9 Å². The monoisotopic (exact) mass is 288 g/mol. The topological polar surface area (TPSA) is 29.5 Å². The molecule has 0 aliphatic heterocycles. The predicted octanol–water partition coefficient (Wildman–Crippen LogP) is 5.18. The van der Waals surface area contributed by atoms with Crippen molar-refractivity contribution in [1.29, 1.82) is 0 Å². The summed E-state index contributed by atoms with van der Waals surface area (Å²) >= 11 is 0. The highest BCUT2D eigenvalue weighted by molar-refractivity contribution is 5.32. The molecule has 0 heterocycles. The lowest BCUT2D eigenvalue weighted by molar-refractivity contribution is 0.209. The third kappa shape index (κ3) is 5.20. The van der Waals surface area contributed by atoms with Crippen molar-refractivity contribution >= 4 is 0 Å². The van der Waals surface area contributed by atoms with Gasteiger partial charge in [0, 0.05) is 0 Å². The molecule has 0 fully saturated rings. The second-order valence-corrected chi connectivity index (χ2v) is 5.91. The first-order valence-corrected chi connectivity index (χ1v) is 8.41. The van der Waals surface area contributed by atoms with Crippen molar-refractivity contribution in [3.8, 4) is 5.75 Å². The molecule has 0 spiro atoms. The normalized spacial score (nSPS) is 20.0. The van der Waals surface area contributed by atoms with E-state index in [1.165, 1.54) is 31.3 Å². The SMILES string of the molecule is CCCCOc1ccc(C(O)/C2=C/CCCCCC2)cc1. The van der Waals surface area contributed by atoms with Crippen molar-refractivity contribution in [3.05, 3.63) is 41.5 Å². The molecule has 0 amide bonds. The van der Waals surface area contributed by atoms with Gasteiger partial charge < -0.3 is 9.84 Å². The number of hydrogen-bond donors (Lipinski definition) is 1. The Morgan fingerprint density at radius 3 is 2.62 bits per heavy atom. The first kappa shape index (κ1) is 16.1. The molecular formula is C19H28O2. The largest absolute Gasteiger partial charge is 0.494 e. The van der Waals surface area contributed by atoms with Gasteiger partial charge in [-0.1, -0.05) is 44.4 Å². The van der Waals surface area contributed by atoms with Crippen LogP contribution in [0, 0.1) is 0 Å². The molecule has 0 aromatic heterocycles. The fourth-order valence-corrected chi connectivity index (χ4v) is 2.76. The Hall–Kier alpha value is -1.28. The van der Waals surface area contributed by atoms with E-state index in [1.54, 1.807) is 0 Å². The highest BCUT2D eigenvalue weighted by Crippen LogP contribution is 2.29. The van der Waals surface area contributed by atoms with E-state index in [9.17, 15) is 5.11 Å². The van der Waals surface area contributed by atoms with Crippen LogP contribution < -0.4 is 4.74 Å². The van der Waals surface area contributed by atoms with Crippen LogP contribution in [0.3, 0.4) is 0 Å². The molecule has 1 unspecified atom stereocenters. The van der Waals surface area contributed by atoms with Crippen molar-refractivity contribution in [2.75, 3.05) is 6.61 Å². The lowest BCUT2D eigenvalue weighted by Crippen LogP contribution is -2.04. The van der Waals surface area contributed by atoms with Crippen LogP contribution in [-0.4, -0.2) is 11.7 Å². The predicted molar refractivity (Wildman–Crippen MR) is 87.6 cm³/mol. The molecule has 2 nitrogen and oxygen atoms in total. The van der Waals surface area contributed by atoms with E-state index >= 15 is 0 Å². The van der Waals surface area contributed by atoms with Gasteiger partial charge in [0.15, 0.2) is 0 Å². The Labute approximate surface area is 128 Å². The summed E-state index contributed by atoms with van der Waals surface area (Å²) in [6.45, 7) is 2.93. The third-order valence-corrected chi connectivity index (χ3v) is 4.14. The molecule has 0 saturated heterocycles. The molecule has 1 aromatic carbocycles. The number of aliphatic hydroxyl groups excluding tert-OH is 1. The van der Waals surface area contributed by atoms with Gasteiger partial charge in [0.25, 0.3) is 0 Å². The number of hydrogen-bond acceptors (Lipinski definition) is 2. The number of allylic oxidation sites excluding steroid dienone is 1. The van der Waals surface area contributed by atoms with Crippen LogP contribution in [0.1, 0.15) is 70.0 Å². The fraction of sp³-hybridized carbons (Fsp3) is 0.579. The second-order valence-electron chi connectivity index (χ2n) is 5.91. The number of rotatable bonds is 6. The Morgan fingerprint density at radius 1 is 1.10 bits per heavy atom. The average Bonchev–Trinajstić information content (AvgIpc) is 2.47. The van der Waals surface area contributed by atoms with E-state index in [0.717, 1.165) is 43.6 Å². The number of ether oxygens (including phenoxy) is 1. The number of benzene rings is 1. The summed E-state index contributed by atoms with van der Waals surface area (Å²) in [4.78, 5) is 0. The highest BCUT2D eigenvalue weighted by Gasteiger charge is 2.14. The van der Waals surface area contributed by atoms with Crippen LogP contribution in [0.2, 0.25) is 0 Å². The lowest BCUT2D eigenvalue weighted by atomic mass is 9.93. The van der Waals surface area contributed by atoms with Gasteiger partial charge in [-0.25, -0.2) is 0 Å². The molecule has 0 radical (unpaired) electrons. The molecule has 0 saturated carbocycles. The molecule has 1 aromatic rings. The van der Waals surface area contributed by atoms with Crippen LogP contribution >= 0.6 is 0 Å². The smallest absolute Gasteiger partial charge is 0.119 e. The van der Waals surface area contributed by atoms with Gasteiger partial charge in [-0.2, -0.15) is 0 Å². The Morgan fingerprint density at radius 2 is 1.86 bits per heavy atom. The van der Waals surface area contributed by atoms with Gasteiger partial charge in [-0.05, 0) is 55.4 Å². The summed E-state index contributed by atoms with van der Waals surface area (Å²) in [6, 6.07) is 7.92. The van der Waals surface area contributed by atoms with Crippen LogP contribution in [0.5, 0.6) is 5.75 Å². The van der Waals surface area contributed by atoms with E-state index in [1.807, 2.05) is 24.3 Å². The second kappa shape index (κ2) is 8.89. The zero-order valence-electron chi connectivity index (χ0n) is 13.2. The summed E-state index contributed by atoms with van der Waals surface area (Å²) in [5, 5.41) is 10.6. The van der Waals surface area contributed by atoms with Gasteiger partial charge in [-0.3, -0.25) is 0 Å². The molecule has 2 rings (SSSR count). The van der Waals surface area contributed by atoms with Crippen LogP contribution in [0.25, 0.3) is 0 Å². The molecule has 1 N–H and O–H groups in total. The lowest BCUT2D eigenvalue weighted by Gasteiger charge is -2.18. The van der Waals surface area contributed by atoms with Gasteiger partial charge in [0.1, 0.15) is 11.9 Å². The minimum atomic E-state index is -0.451. The van der Waals surface area contributed by atoms with E-state index < -0.39 is 6.10 Å². The van der Waals surface area contributed by atoms with Crippen molar-refractivity contribution in [3.63, 3.8) is 0 Å². The summed E-state index contributed by atoms with van der Waals surface area (Å²) < 4.78 is 5.67. The summed E-state index contributed by atoms with van der Waals surface area (Å²) in [5.74, 6) is 0.894. The zero-order valence-corrected chi connectivity index (χ0v) is 13.2. The molecule has 1 aliphatic carbocycles. The highest BCUT2D eigenvalue weighted by atomic mass is 16.5. The summed E-state index contributed by atoms with van der Waals surface area (Å²) in [7, 11) is 0. The Kier molecular flexibility index (Phi) is 6.81. The maximum absolute atomic E-state index is 10.6. The molecule has 116 valence electrons. The van der Waals surface area contributed by atoms with Gasteiger partial charge in [0.05, 0.1) is 6.61 Å². The quantitative estimate of drug-likeness (QED) is 0.577. The first-order valence-electron chi connectivity index (χ1n) is 8.41. The standard InChI is InChI=1S/C19H28O2/c1-2-3-15-21-18-13-11-17(12-14-18)19(20)16-9-7-5-4-6-8-10-16/h9,11-14,19-20H,2-8,10,15H2,1H3/b16-9+. The average molecular weight is 288 g/mol. The minimum Gasteiger partial charge on any atom is -0.494 e. The maximum Gasteiger partial charge on any atom is 0.119 e.